The predicted octanol–water partition coefficient (Wildman–Crippen LogP) is 1.99. The first kappa shape index (κ1) is 16.0. The molecule has 1 aromatic heterocycles. The van der Waals surface area contributed by atoms with E-state index in [4.69, 9.17) is 20.9 Å². The van der Waals surface area contributed by atoms with Crippen LogP contribution in [-0.4, -0.2) is 48.1 Å². The van der Waals surface area contributed by atoms with Crippen LogP contribution in [0.3, 0.4) is 0 Å². The minimum absolute atomic E-state index is 0.0277. The van der Waals surface area contributed by atoms with Gasteiger partial charge in [0.15, 0.2) is 6.61 Å². The average Bonchev–Trinajstić information content (AvgIpc) is 2.95. The zero-order valence-electron chi connectivity index (χ0n) is 13.6. The number of hydrogen-bond acceptors (Lipinski definition) is 5. The lowest BCUT2D eigenvalue weighted by Crippen LogP contribution is -2.53. The van der Waals surface area contributed by atoms with Gasteiger partial charge in [-0.2, -0.15) is 0 Å². The fourth-order valence-corrected chi connectivity index (χ4v) is 3.20. The molecule has 0 aliphatic carbocycles. The first-order valence-electron chi connectivity index (χ1n) is 7.95. The van der Waals surface area contributed by atoms with Gasteiger partial charge in [0.05, 0.1) is 11.4 Å². The minimum Gasteiger partial charge on any atom is -0.482 e. The van der Waals surface area contributed by atoms with Crippen LogP contribution in [0.1, 0.15) is 17.4 Å². The molecule has 1 fully saturated rings. The number of hydrogen-bond donors (Lipinski definition) is 0. The summed E-state index contributed by atoms with van der Waals surface area (Å²) in [7, 11) is 0. The van der Waals surface area contributed by atoms with Gasteiger partial charge in [-0.1, -0.05) is 16.8 Å². The van der Waals surface area contributed by atoms with Gasteiger partial charge < -0.3 is 14.2 Å². The Bertz CT molecular complexity index is 844. The van der Waals surface area contributed by atoms with E-state index in [1.807, 2.05) is 13.0 Å². The van der Waals surface area contributed by atoms with E-state index >= 15 is 0 Å². The summed E-state index contributed by atoms with van der Waals surface area (Å²) in [5, 5.41) is 4.48. The molecule has 7 nitrogen and oxygen atoms in total. The van der Waals surface area contributed by atoms with E-state index in [1.165, 1.54) is 4.90 Å². The van der Waals surface area contributed by atoms with Gasteiger partial charge in [0.25, 0.3) is 5.91 Å². The fraction of sp³-hybridized carbons (Fsp3) is 0.353. The van der Waals surface area contributed by atoms with Crippen LogP contribution in [0.2, 0.25) is 5.02 Å². The summed E-state index contributed by atoms with van der Waals surface area (Å²) in [6.45, 7) is 2.88. The van der Waals surface area contributed by atoms with Gasteiger partial charge in [-0.05, 0) is 25.1 Å². The number of halogens is 1. The second kappa shape index (κ2) is 6.07. The van der Waals surface area contributed by atoms with E-state index in [0.717, 1.165) is 11.5 Å². The molecule has 0 radical (unpaired) electrons. The van der Waals surface area contributed by atoms with Crippen molar-refractivity contribution >= 4 is 29.1 Å². The van der Waals surface area contributed by atoms with Gasteiger partial charge in [-0.3, -0.25) is 14.5 Å². The third-order valence-electron chi connectivity index (χ3n) is 4.46. The summed E-state index contributed by atoms with van der Waals surface area (Å²) in [6, 6.07) is 6.92. The SMILES string of the molecule is Cc1cc(C2CN(C(=O)CN3C(=O)COc4ccc(Cl)cc43)C2)no1. The smallest absolute Gasteiger partial charge is 0.265 e. The minimum atomic E-state index is -0.257. The van der Waals surface area contributed by atoms with Crippen molar-refractivity contribution in [1.29, 1.82) is 0 Å². The summed E-state index contributed by atoms with van der Waals surface area (Å²) < 4.78 is 10.5. The number of benzene rings is 1. The topological polar surface area (TPSA) is 75.9 Å². The van der Waals surface area contributed by atoms with Crippen molar-refractivity contribution in [3.8, 4) is 5.75 Å². The molecule has 3 heterocycles. The highest BCUT2D eigenvalue weighted by atomic mass is 35.5. The largest absolute Gasteiger partial charge is 0.482 e. The number of carbonyl (C=O) groups is 2. The molecule has 2 aromatic rings. The van der Waals surface area contributed by atoms with Crippen LogP contribution >= 0.6 is 11.6 Å². The van der Waals surface area contributed by atoms with Crippen LogP contribution in [0.5, 0.6) is 5.75 Å². The van der Waals surface area contributed by atoms with E-state index in [0.29, 0.717) is 29.5 Å². The fourth-order valence-electron chi connectivity index (χ4n) is 3.03. The first-order chi connectivity index (χ1) is 12.0. The highest BCUT2D eigenvalue weighted by molar-refractivity contribution is 6.31. The lowest BCUT2D eigenvalue weighted by molar-refractivity contribution is -0.135. The van der Waals surface area contributed by atoms with Gasteiger partial charge in [0.1, 0.15) is 18.1 Å². The van der Waals surface area contributed by atoms with Gasteiger partial charge in [-0.15, -0.1) is 0 Å². The van der Waals surface area contributed by atoms with Crippen molar-refractivity contribution in [1.82, 2.24) is 10.1 Å². The Kier molecular flexibility index (Phi) is 3.88. The van der Waals surface area contributed by atoms with Gasteiger partial charge in [-0.25, -0.2) is 0 Å². The molecule has 1 aromatic carbocycles. The second-order valence-corrected chi connectivity index (χ2v) is 6.68. The number of anilines is 1. The molecule has 0 spiro atoms. The molecule has 2 aliphatic heterocycles. The van der Waals surface area contributed by atoms with Gasteiger partial charge in [0, 0.05) is 30.1 Å². The highest BCUT2D eigenvalue weighted by Gasteiger charge is 2.36. The number of amides is 2. The number of carbonyl (C=O) groups excluding carboxylic acids is 2. The first-order valence-corrected chi connectivity index (χ1v) is 8.33. The van der Waals surface area contributed by atoms with E-state index < -0.39 is 0 Å². The van der Waals surface area contributed by atoms with Crippen LogP contribution in [0.25, 0.3) is 0 Å². The zero-order chi connectivity index (χ0) is 17.6. The standard InChI is InChI=1S/C17H16ClN3O4/c1-10-4-13(19-25-10)11-6-20(7-11)16(22)8-21-14-5-12(18)2-3-15(14)24-9-17(21)23/h2-5,11H,6-9H2,1H3. The number of fused-ring (bicyclic) bond motifs is 1. The Balaban J connectivity index is 1.43. The number of nitrogens with zero attached hydrogens (tertiary/aromatic N) is 3. The summed E-state index contributed by atoms with van der Waals surface area (Å²) in [6.07, 6.45) is 0. The van der Waals surface area contributed by atoms with E-state index in [1.54, 1.807) is 23.1 Å². The van der Waals surface area contributed by atoms with Gasteiger partial charge >= 0.3 is 0 Å². The Morgan fingerprint density at radius 2 is 2.16 bits per heavy atom. The molecule has 0 saturated carbocycles. The van der Waals surface area contributed by atoms with Crippen LogP contribution in [-0.2, 0) is 9.59 Å². The van der Waals surface area contributed by atoms with E-state index in [2.05, 4.69) is 5.16 Å². The molecule has 8 heteroatoms. The van der Waals surface area contributed by atoms with Crippen LogP contribution < -0.4 is 9.64 Å². The second-order valence-electron chi connectivity index (χ2n) is 6.24. The maximum atomic E-state index is 12.5. The number of aromatic nitrogens is 1. The lowest BCUT2D eigenvalue weighted by atomic mass is 9.96. The van der Waals surface area contributed by atoms with Crippen molar-refractivity contribution < 1.29 is 18.8 Å². The number of rotatable bonds is 3. The number of likely N-dealkylation sites (tertiary alicyclic amines) is 1. The highest BCUT2D eigenvalue weighted by Crippen LogP contribution is 2.35. The Labute approximate surface area is 149 Å². The van der Waals surface area contributed by atoms with Crippen molar-refractivity contribution in [2.45, 2.75) is 12.8 Å². The lowest BCUT2D eigenvalue weighted by Gasteiger charge is -2.39. The Morgan fingerprint density at radius 3 is 2.88 bits per heavy atom. The number of aryl methyl sites for hydroxylation is 1. The maximum absolute atomic E-state index is 12.5. The number of ether oxygens (including phenoxy) is 1. The van der Waals surface area contributed by atoms with E-state index in [9.17, 15) is 9.59 Å². The Hall–Kier alpha value is -2.54. The predicted molar refractivity (Wildman–Crippen MR) is 89.9 cm³/mol. The maximum Gasteiger partial charge on any atom is 0.265 e. The molecule has 130 valence electrons. The molecule has 25 heavy (non-hydrogen) atoms. The quantitative estimate of drug-likeness (QED) is 0.835. The van der Waals surface area contributed by atoms with Crippen molar-refractivity contribution in [3.05, 3.63) is 40.7 Å². The zero-order valence-corrected chi connectivity index (χ0v) is 14.3. The molecular formula is C17H16ClN3O4. The third-order valence-corrected chi connectivity index (χ3v) is 4.69. The summed E-state index contributed by atoms with van der Waals surface area (Å²) in [5.41, 5.74) is 1.39. The molecule has 0 atom stereocenters. The molecule has 2 aliphatic rings. The average molecular weight is 362 g/mol. The van der Waals surface area contributed by atoms with Crippen LogP contribution in [0.15, 0.2) is 28.8 Å². The van der Waals surface area contributed by atoms with Crippen molar-refractivity contribution in [2.24, 2.45) is 0 Å². The summed E-state index contributed by atoms with van der Waals surface area (Å²) in [4.78, 5) is 27.9. The molecule has 0 unspecified atom stereocenters. The normalized spacial score (nSPS) is 17.1. The molecule has 1 saturated heterocycles. The van der Waals surface area contributed by atoms with Crippen LogP contribution in [0.4, 0.5) is 5.69 Å². The molecule has 0 N–H and O–H groups in total. The summed E-state index contributed by atoms with van der Waals surface area (Å²) in [5.74, 6) is 1.12. The Morgan fingerprint density at radius 1 is 1.36 bits per heavy atom. The van der Waals surface area contributed by atoms with Crippen molar-refractivity contribution in [2.75, 3.05) is 31.1 Å². The molecule has 4 rings (SSSR count). The van der Waals surface area contributed by atoms with Gasteiger partial charge in [0.2, 0.25) is 5.91 Å². The van der Waals surface area contributed by atoms with Crippen molar-refractivity contribution in [3.63, 3.8) is 0 Å². The van der Waals surface area contributed by atoms with Crippen LogP contribution in [0, 0.1) is 6.92 Å². The third kappa shape index (κ3) is 2.95. The summed E-state index contributed by atoms with van der Waals surface area (Å²) >= 11 is 6.01. The monoisotopic (exact) mass is 361 g/mol. The molecule has 2 amide bonds. The molecular weight excluding hydrogens is 346 g/mol. The molecule has 0 bridgehead atoms. The van der Waals surface area contributed by atoms with E-state index in [-0.39, 0.29) is 30.9 Å².